The Bertz CT molecular complexity index is 430. The quantitative estimate of drug-likeness (QED) is 0.887. The number of rotatable bonds is 5. The second-order valence-corrected chi connectivity index (χ2v) is 5.73. The molecule has 3 unspecified atom stereocenters. The van der Waals surface area contributed by atoms with Gasteiger partial charge in [0, 0.05) is 13.0 Å². The van der Waals surface area contributed by atoms with E-state index in [1.807, 2.05) is 4.68 Å². The molecule has 106 valence electrons. The summed E-state index contributed by atoms with van der Waals surface area (Å²) in [5.41, 5.74) is 0. The van der Waals surface area contributed by atoms with Gasteiger partial charge in [-0.05, 0) is 37.5 Å². The van der Waals surface area contributed by atoms with E-state index in [0.29, 0.717) is 5.92 Å². The van der Waals surface area contributed by atoms with Gasteiger partial charge in [0.25, 0.3) is 0 Å². The standard InChI is InChI=1S/C14H23N3O2/c1-3-6-17-13(15-9-16-17)8-11-7-10(2)4-5-12(11)14(18)19/h9-12H,3-8H2,1-2H3,(H,18,19). The number of hydrogen-bond donors (Lipinski definition) is 1. The predicted octanol–water partition coefficient (Wildman–Crippen LogP) is 2.37. The van der Waals surface area contributed by atoms with Gasteiger partial charge in [-0.2, -0.15) is 5.10 Å². The summed E-state index contributed by atoms with van der Waals surface area (Å²) in [6.07, 6.45) is 6.13. The number of hydrogen-bond acceptors (Lipinski definition) is 3. The highest BCUT2D eigenvalue weighted by molar-refractivity contribution is 5.70. The van der Waals surface area contributed by atoms with Crippen molar-refractivity contribution in [3.63, 3.8) is 0 Å². The van der Waals surface area contributed by atoms with E-state index in [1.165, 1.54) is 0 Å². The van der Waals surface area contributed by atoms with Crippen molar-refractivity contribution < 1.29 is 9.90 Å². The first-order chi connectivity index (χ1) is 9.11. The zero-order valence-electron chi connectivity index (χ0n) is 11.7. The summed E-state index contributed by atoms with van der Waals surface area (Å²) in [6, 6.07) is 0. The molecule has 0 saturated heterocycles. The fourth-order valence-corrected chi connectivity index (χ4v) is 3.13. The summed E-state index contributed by atoms with van der Waals surface area (Å²) < 4.78 is 1.91. The van der Waals surface area contributed by atoms with Gasteiger partial charge in [-0.15, -0.1) is 0 Å². The van der Waals surface area contributed by atoms with E-state index in [9.17, 15) is 9.90 Å². The Kier molecular flexibility index (Phi) is 4.56. The molecule has 1 aliphatic rings. The van der Waals surface area contributed by atoms with Crippen LogP contribution in [0.15, 0.2) is 6.33 Å². The third-order valence-electron chi connectivity index (χ3n) is 4.14. The maximum atomic E-state index is 11.4. The highest BCUT2D eigenvalue weighted by Gasteiger charge is 2.34. The smallest absolute Gasteiger partial charge is 0.306 e. The third kappa shape index (κ3) is 3.33. The Hall–Kier alpha value is -1.39. The molecule has 0 aromatic carbocycles. The number of aryl methyl sites for hydroxylation is 1. The summed E-state index contributed by atoms with van der Waals surface area (Å²) >= 11 is 0. The van der Waals surface area contributed by atoms with Gasteiger partial charge in [0.1, 0.15) is 12.2 Å². The molecular weight excluding hydrogens is 242 g/mol. The lowest BCUT2D eigenvalue weighted by Crippen LogP contribution is -2.32. The van der Waals surface area contributed by atoms with Crippen LogP contribution in [0.2, 0.25) is 0 Å². The van der Waals surface area contributed by atoms with Gasteiger partial charge in [-0.1, -0.05) is 13.8 Å². The van der Waals surface area contributed by atoms with Crippen molar-refractivity contribution in [2.45, 2.75) is 52.5 Å². The van der Waals surface area contributed by atoms with Gasteiger partial charge in [-0.25, -0.2) is 4.98 Å². The van der Waals surface area contributed by atoms with Crippen LogP contribution < -0.4 is 0 Å². The molecular formula is C14H23N3O2. The van der Waals surface area contributed by atoms with Gasteiger partial charge < -0.3 is 5.11 Å². The molecule has 1 heterocycles. The van der Waals surface area contributed by atoms with Crippen molar-refractivity contribution in [1.29, 1.82) is 0 Å². The molecule has 1 fully saturated rings. The molecule has 1 N–H and O–H groups in total. The van der Waals surface area contributed by atoms with Crippen LogP contribution in [0.4, 0.5) is 0 Å². The number of nitrogens with zero attached hydrogens (tertiary/aromatic N) is 3. The molecule has 1 aromatic rings. The van der Waals surface area contributed by atoms with Gasteiger partial charge in [-0.3, -0.25) is 9.48 Å². The van der Waals surface area contributed by atoms with Crippen molar-refractivity contribution in [2.24, 2.45) is 17.8 Å². The number of aromatic nitrogens is 3. The zero-order chi connectivity index (χ0) is 13.8. The SMILES string of the molecule is CCCn1ncnc1CC1CC(C)CCC1C(=O)O. The number of carboxylic acid groups (broad SMARTS) is 1. The van der Waals surface area contributed by atoms with E-state index in [4.69, 9.17) is 0 Å². The summed E-state index contributed by atoms with van der Waals surface area (Å²) in [4.78, 5) is 15.7. The average molecular weight is 265 g/mol. The molecule has 0 radical (unpaired) electrons. The van der Waals surface area contributed by atoms with Crippen LogP contribution in [0.1, 0.15) is 45.4 Å². The molecule has 2 rings (SSSR count). The fraction of sp³-hybridized carbons (Fsp3) is 0.786. The molecule has 1 aromatic heterocycles. The second kappa shape index (κ2) is 6.17. The molecule has 0 amide bonds. The summed E-state index contributed by atoms with van der Waals surface area (Å²) in [5.74, 6) is 0.873. The van der Waals surface area contributed by atoms with Gasteiger partial charge in [0.15, 0.2) is 0 Å². The normalized spacial score (nSPS) is 27.4. The van der Waals surface area contributed by atoms with Gasteiger partial charge in [0.2, 0.25) is 0 Å². The summed E-state index contributed by atoms with van der Waals surface area (Å²) in [6.45, 7) is 5.17. The first-order valence-electron chi connectivity index (χ1n) is 7.21. The van der Waals surface area contributed by atoms with Crippen LogP contribution in [0.3, 0.4) is 0 Å². The van der Waals surface area contributed by atoms with Crippen molar-refractivity contribution in [3.8, 4) is 0 Å². The largest absolute Gasteiger partial charge is 0.481 e. The van der Waals surface area contributed by atoms with E-state index >= 15 is 0 Å². The van der Waals surface area contributed by atoms with Crippen LogP contribution in [0.25, 0.3) is 0 Å². The first kappa shape index (κ1) is 14.0. The third-order valence-corrected chi connectivity index (χ3v) is 4.14. The monoisotopic (exact) mass is 265 g/mol. The van der Waals surface area contributed by atoms with Crippen LogP contribution in [-0.2, 0) is 17.8 Å². The summed E-state index contributed by atoms with van der Waals surface area (Å²) in [7, 11) is 0. The van der Waals surface area contributed by atoms with Crippen LogP contribution in [0.5, 0.6) is 0 Å². The number of aliphatic carboxylic acids is 1. The molecule has 0 aliphatic heterocycles. The highest BCUT2D eigenvalue weighted by Crippen LogP contribution is 2.35. The molecule has 5 nitrogen and oxygen atoms in total. The summed E-state index contributed by atoms with van der Waals surface area (Å²) in [5, 5.41) is 13.6. The van der Waals surface area contributed by atoms with E-state index in [-0.39, 0.29) is 11.8 Å². The van der Waals surface area contributed by atoms with Gasteiger partial charge >= 0.3 is 5.97 Å². The van der Waals surface area contributed by atoms with Gasteiger partial charge in [0.05, 0.1) is 5.92 Å². The Labute approximate surface area is 114 Å². The minimum absolute atomic E-state index is 0.195. The fourth-order valence-electron chi connectivity index (χ4n) is 3.13. The van der Waals surface area contributed by atoms with E-state index < -0.39 is 5.97 Å². The topological polar surface area (TPSA) is 68.0 Å². The molecule has 1 aliphatic carbocycles. The van der Waals surface area contributed by atoms with Crippen LogP contribution in [-0.4, -0.2) is 25.8 Å². The zero-order valence-corrected chi connectivity index (χ0v) is 11.7. The highest BCUT2D eigenvalue weighted by atomic mass is 16.4. The Morgan fingerprint density at radius 2 is 2.32 bits per heavy atom. The Morgan fingerprint density at radius 3 is 3.00 bits per heavy atom. The molecule has 0 bridgehead atoms. The second-order valence-electron chi connectivity index (χ2n) is 5.73. The number of carboxylic acids is 1. The van der Waals surface area contributed by atoms with Crippen LogP contribution >= 0.6 is 0 Å². The van der Waals surface area contributed by atoms with E-state index in [0.717, 1.165) is 44.5 Å². The van der Waals surface area contributed by atoms with Crippen molar-refractivity contribution >= 4 is 5.97 Å². The Morgan fingerprint density at radius 1 is 1.53 bits per heavy atom. The lowest BCUT2D eigenvalue weighted by molar-refractivity contribution is -0.145. The molecule has 0 spiro atoms. The number of carbonyl (C=O) groups is 1. The van der Waals surface area contributed by atoms with Crippen molar-refractivity contribution in [1.82, 2.24) is 14.8 Å². The van der Waals surface area contributed by atoms with E-state index in [2.05, 4.69) is 23.9 Å². The maximum Gasteiger partial charge on any atom is 0.306 e. The van der Waals surface area contributed by atoms with Crippen molar-refractivity contribution in [2.75, 3.05) is 0 Å². The molecule has 19 heavy (non-hydrogen) atoms. The van der Waals surface area contributed by atoms with E-state index in [1.54, 1.807) is 6.33 Å². The first-order valence-corrected chi connectivity index (χ1v) is 7.21. The lowest BCUT2D eigenvalue weighted by atomic mass is 9.73. The minimum Gasteiger partial charge on any atom is -0.481 e. The molecule has 5 heteroatoms. The Balaban J connectivity index is 2.09. The minimum atomic E-state index is -0.654. The molecule has 1 saturated carbocycles. The lowest BCUT2D eigenvalue weighted by Gasteiger charge is -2.32. The maximum absolute atomic E-state index is 11.4. The average Bonchev–Trinajstić information content (AvgIpc) is 2.77. The van der Waals surface area contributed by atoms with Crippen LogP contribution in [0, 0.1) is 17.8 Å². The van der Waals surface area contributed by atoms with Crippen molar-refractivity contribution in [3.05, 3.63) is 12.2 Å². The molecule has 3 atom stereocenters. The predicted molar refractivity (Wildman–Crippen MR) is 71.6 cm³/mol.